The fraction of sp³-hybridized carbons (Fsp3) is 0.714. The van der Waals surface area contributed by atoms with Gasteiger partial charge in [0.15, 0.2) is 0 Å². The Morgan fingerprint density at radius 3 is 2.33 bits per heavy atom. The number of carbonyl (C=O) groups is 2. The van der Waals surface area contributed by atoms with Gasteiger partial charge in [-0.25, -0.2) is 13.2 Å². The summed E-state index contributed by atoms with van der Waals surface area (Å²) in [5.41, 5.74) is -1.35. The largest absolute Gasteiger partial charge is 0.322 e. The second kappa shape index (κ2) is 3.08. The monoisotopic (exact) mass is 252 g/mol. The van der Waals surface area contributed by atoms with E-state index in [-0.39, 0.29) is 5.92 Å². The number of nitrogens with one attached hydrogen (secondary N) is 2. The first kappa shape index (κ1) is 10.7. The quantitative estimate of drug-likeness (QED) is 0.525. The lowest BCUT2D eigenvalue weighted by Gasteiger charge is -2.23. The highest BCUT2D eigenvalue weighted by Gasteiger charge is 2.57. The number of hydrogen-bond acceptors (Lipinski definition) is 4. The minimum absolute atomic E-state index is 0.127. The van der Waals surface area contributed by atoms with Gasteiger partial charge in [-0.3, -0.25) is 10.1 Å². The van der Waals surface area contributed by atoms with Crippen molar-refractivity contribution in [1.82, 2.24) is 10.6 Å². The van der Waals surface area contributed by atoms with Gasteiger partial charge in [0.2, 0.25) is 9.05 Å². The van der Waals surface area contributed by atoms with E-state index in [1.165, 1.54) is 0 Å². The number of hydrogen-bond donors (Lipinski definition) is 2. The highest BCUT2D eigenvalue weighted by Crippen LogP contribution is 2.42. The Balaban J connectivity index is 2.33. The molecular weight excluding hydrogens is 244 g/mol. The van der Waals surface area contributed by atoms with E-state index < -0.39 is 32.3 Å². The van der Waals surface area contributed by atoms with E-state index in [2.05, 4.69) is 5.32 Å². The van der Waals surface area contributed by atoms with E-state index in [4.69, 9.17) is 10.7 Å². The van der Waals surface area contributed by atoms with Gasteiger partial charge in [0, 0.05) is 10.7 Å². The number of amides is 3. The Morgan fingerprint density at radius 2 is 2.00 bits per heavy atom. The Morgan fingerprint density at radius 1 is 1.40 bits per heavy atom. The van der Waals surface area contributed by atoms with Gasteiger partial charge >= 0.3 is 6.03 Å². The van der Waals surface area contributed by atoms with Crippen molar-refractivity contribution in [1.29, 1.82) is 0 Å². The molecule has 3 amide bonds. The number of urea groups is 1. The van der Waals surface area contributed by atoms with Crippen LogP contribution in [-0.4, -0.2) is 31.6 Å². The summed E-state index contributed by atoms with van der Waals surface area (Å²) in [6.45, 7) is 0. The molecule has 2 aliphatic rings. The molecule has 1 atom stereocenters. The molecule has 0 radical (unpaired) electrons. The minimum atomic E-state index is -3.83. The zero-order valence-electron chi connectivity index (χ0n) is 7.62. The first-order valence-corrected chi connectivity index (χ1v) is 6.87. The topological polar surface area (TPSA) is 92.3 Å². The van der Waals surface area contributed by atoms with Gasteiger partial charge in [-0.05, 0) is 18.8 Å². The van der Waals surface area contributed by atoms with E-state index in [0.29, 0.717) is 0 Å². The molecule has 0 spiro atoms. The van der Waals surface area contributed by atoms with Crippen LogP contribution < -0.4 is 10.6 Å². The zero-order chi connectivity index (χ0) is 11.3. The summed E-state index contributed by atoms with van der Waals surface area (Å²) >= 11 is 0. The van der Waals surface area contributed by atoms with Crippen LogP contribution in [-0.2, 0) is 13.8 Å². The van der Waals surface area contributed by atoms with Crippen molar-refractivity contribution in [3.63, 3.8) is 0 Å². The lowest BCUT2D eigenvalue weighted by atomic mass is 9.96. The molecule has 6 nitrogen and oxygen atoms in total. The third-order valence-electron chi connectivity index (χ3n) is 2.64. The second-order valence-corrected chi connectivity index (χ2v) is 6.61. The van der Waals surface area contributed by atoms with Gasteiger partial charge in [-0.15, -0.1) is 0 Å². The van der Waals surface area contributed by atoms with Crippen molar-refractivity contribution < 1.29 is 18.0 Å². The average molecular weight is 253 g/mol. The van der Waals surface area contributed by atoms with Crippen molar-refractivity contribution in [3.05, 3.63) is 0 Å². The summed E-state index contributed by atoms with van der Waals surface area (Å²) in [5.74, 6) is -1.28. The smallest absolute Gasteiger partial charge is 0.322 e. The van der Waals surface area contributed by atoms with Crippen molar-refractivity contribution >= 4 is 31.7 Å². The molecule has 2 N–H and O–H groups in total. The van der Waals surface area contributed by atoms with Crippen LogP contribution in [0.3, 0.4) is 0 Å². The fourth-order valence-electron chi connectivity index (χ4n) is 1.86. The Kier molecular flexibility index (Phi) is 2.20. The third-order valence-corrected chi connectivity index (χ3v) is 3.77. The Bertz CT molecular complexity index is 430. The summed E-state index contributed by atoms with van der Waals surface area (Å²) < 4.78 is 22.0. The van der Waals surface area contributed by atoms with Crippen molar-refractivity contribution in [3.8, 4) is 0 Å². The first-order chi connectivity index (χ1) is 6.83. The van der Waals surface area contributed by atoms with Crippen LogP contribution in [0, 0.1) is 5.92 Å². The molecule has 1 aliphatic heterocycles. The molecule has 1 heterocycles. The van der Waals surface area contributed by atoms with Gasteiger partial charge in [-0.1, -0.05) is 0 Å². The lowest BCUT2D eigenvalue weighted by molar-refractivity contribution is -0.123. The van der Waals surface area contributed by atoms with Crippen molar-refractivity contribution in [2.75, 3.05) is 5.75 Å². The third kappa shape index (κ3) is 1.93. The van der Waals surface area contributed by atoms with Crippen LogP contribution in [0.2, 0.25) is 0 Å². The van der Waals surface area contributed by atoms with Crippen LogP contribution in [0.1, 0.15) is 12.8 Å². The second-order valence-electron chi connectivity index (χ2n) is 3.84. The predicted molar refractivity (Wildman–Crippen MR) is 51.8 cm³/mol. The van der Waals surface area contributed by atoms with E-state index in [1.54, 1.807) is 0 Å². The normalized spacial score (nSPS) is 31.3. The van der Waals surface area contributed by atoms with Gasteiger partial charge < -0.3 is 5.32 Å². The molecule has 15 heavy (non-hydrogen) atoms. The Hall–Kier alpha value is -0.820. The molecule has 84 valence electrons. The summed E-state index contributed by atoms with van der Waals surface area (Å²) in [6, 6.07) is -0.660. The van der Waals surface area contributed by atoms with Crippen LogP contribution in [0.25, 0.3) is 0 Å². The predicted octanol–water partition coefficient (Wildman–Crippen LogP) is -0.457. The molecule has 1 aliphatic carbocycles. The summed E-state index contributed by atoms with van der Waals surface area (Å²) in [5, 5.41) is 4.41. The summed E-state index contributed by atoms with van der Waals surface area (Å²) in [6.07, 6.45) is 1.44. The average Bonchev–Trinajstić information content (AvgIpc) is 2.77. The molecule has 1 saturated carbocycles. The van der Waals surface area contributed by atoms with Gasteiger partial charge in [-0.2, -0.15) is 0 Å². The standard InChI is InChI=1S/C7H9ClN2O4S/c8-15(13,14)3-7(4-1-2-4)5(11)9-6(12)10-7/h4H,1-3H2,(H2,9,10,11,12)/t7-/m1/s1. The maximum atomic E-state index is 11.5. The molecular formula is C7H9ClN2O4S. The first-order valence-electron chi connectivity index (χ1n) is 4.39. The highest BCUT2D eigenvalue weighted by atomic mass is 35.7. The van der Waals surface area contributed by atoms with E-state index in [9.17, 15) is 18.0 Å². The fourth-order valence-corrected chi connectivity index (χ4v) is 3.36. The molecule has 0 aromatic rings. The van der Waals surface area contributed by atoms with E-state index in [1.807, 2.05) is 5.32 Å². The number of rotatable bonds is 3. The number of halogens is 1. The molecule has 0 aromatic heterocycles. The van der Waals surface area contributed by atoms with Crippen molar-refractivity contribution in [2.24, 2.45) is 5.92 Å². The summed E-state index contributed by atoms with van der Waals surface area (Å²) in [4.78, 5) is 22.6. The van der Waals surface area contributed by atoms with E-state index >= 15 is 0 Å². The van der Waals surface area contributed by atoms with Gasteiger partial charge in [0.1, 0.15) is 5.54 Å². The molecule has 2 rings (SSSR count). The SMILES string of the molecule is O=C1NC(=O)[C@@](CS(=O)(=O)Cl)(C2CC2)N1. The maximum absolute atomic E-state index is 11.5. The van der Waals surface area contributed by atoms with Crippen LogP contribution in [0.4, 0.5) is 4.79 Å². The highest BCUT2D eigenvalue weighted by molar-refractivity contribution is 8.13. The van der Waals surface area contributed by atoms with Crippen molar-refractivity contribution in [2.45, 2.75) is 18.4 Å². The van der Waals surface area contributed by atoms with Gasteiger partial charge in [0.05, 0.1) is 5.75 Å². The van der Waals surface area contributed by atoms with E-state index in [0.717, 1.165) is 12.8 Å². The molecule has 8 heteroatoms. The molecule has 0 bridgehead atoms. The number of imide groups is 1. The maximum Gasteiger partial charge on any atom is 0.322 e. The van der Waals surface area contributed by atoms with Gasteiger partial charge in [0.25, 0.3) is 5.91 Å². The molecule has 2 fully saturated rings. The lowest BCUT2D eigenvalue weighted by Crippen LogP contribution is -2.53. The molecule has 1 saturated heterocycles. The van der Waals surface area contributed by atoms with Crippen LogP contribution in [0.15, 0.2) is 0 Å². The zero-order valence-corrected chi connectivity index (χ0v) is 9.19. The minimum Gasteiger partial charge on any atom is -0.322 e. The molecule has 0 aromatic carbocycles. The van der Waals surface area contributed by atoms with Crippen LogP contribution in [0.5, 0.6) is 0 Å². The molecule has 0 unspecified atom stereocenters. The Labute approximate surface area is 90.8 Å². The number of carbonyl (C=O) groups excluding carboxylic acids is 2. The summed E-state index contributed by atoms with van der Waals surface area (Å²) in [7, 11) is 1.30. The van der Waals surface area contributed by atoms with Crippen LogP contribution >= 0.6 is 10.7 Å².